The van der Waals surface area contributed by atoms with Crippen molar-refractivity contribution < 1.29 is 0 Å². The molecule has 0 spiro atoms. The summed E-state index contributed by atoms with van der Waals surface area (Å²) in [5.74, 6) is 0. The fourth-order valence-electron chi connectivity index (χ4n) is 1.04. The second kappa shape index (κ2) is 3.85. The third kappa shape index (κ3) is 1.81. The summed E-state index contributed by atoms with van der Waals surface area (Å²) in [6.07, 6.45) is 8.21. The lowest BCUT2D eigenvalue weighted by Gasteiger charge is -2.19. The van der Waals surface area contributed by atoms with E-state index in [2.05, 4.69) is 12.1 Å². The number of nitrogens with zero attached hydrogens (tertiary/aromatic N) is 2. The highest BCUT2D eigenvalue weighted by atomic mass is 16.2. The first kappa shape index (κ1) is 8.71. The van der Waals surface area contributed by atoms with Gasteiger partial charge in [-0.05, 0) is 29.3 Å². The maximum Gasteiger partial charge on any atom is 0.0951 e. The molecule has 0 fully saturated rings. The Hall–Kier alpha value is -1.38. The van der Waals surface area contributed by atoms with E-state index in [0.717, 1.165) is 12.1 Å². The van der Waals surface area contributed by atoms with Crippen molar-refractivity contribution in [2.45, 2.75) is 13.3 Å². The molecular formula is C9H12N2O. The van der Waals surface area contributed by atoms with Crippen LogP contribution in [-0.2, 0) is 0 Å². The molecule has 0 aromatic carbocycles. The van der Waals surface area contributed by atoms with Gasteiger partial charge in [-0.2, -0.15) is 0 Å². The average Bonchev–Trinajstić information content (AvgIpc) is 2.09. The van der Waals surface area contributed by atoms with Crippen LogP contribution in [-0.4, -0.2) is 11.9 Å². The standard InChI is InChI=1S/C9H12N2O/c1-3-8-4-5-11(2)9(6-8)7-10-12/h4-7H,3H2,1-2H3/b9-7+. The van der Waals surface area contributed by atoms with Crippen LogP contribution in [0.1, 0.15) is 13.3 Å². The van der Waals surface area contributed by atoms with Crippen molar-refractivity contribution in [1.82, 2.24) is 4.90 Å². The van der Waals surface area contributed by atoms with Crippen LogP contribution in [0.5, 0.6) is 0 Å². The average molecular weight is 164 g/mol. The molecule has 1 heterocycles. The molecule has 0 unspecified atom stereocenters. The van der Waals surface area contributed by atoms with E-state index in [1.807, 2.05) is 30.3 Å². The molecule has 0 bridgehead atoms. The molecule has 0 aromatic rings. The minimum absolute atomic E-state index is 0.837. The molecule has 1 aliphatic heterocycles. The van der Waals surface area contributed by atoms with E-state index in [4.69, 9.17) is 0 Å². The van der Waals surface area contributed by atoms with Gasteiger partial charge in [-0.15, -0.1) is 4.91 Å². The van der Waals surface area contributed by atoms with Gasteiger partial charge >= 0.3 is 0 Å². The third-order valence-electron chi connectivity index (χ3n) is 1.85. The molecular weight excluding hydrogens is 152 g/mol. The first-order chi connectivity index (χ1) is 5.77. The Bertz CT molecular complexity index is 264. The monoisotopic (exact) mass is 164 g/mol. The highest BCUT2D eigenvalue weighted by Gasteiger charge is 2.04. The number of rotatable bonds is 2. The molecule has 0 saturated heterocycles. The maximum atomic E-state index is 10.0. The van der Waals surface area contributed by atoms with Crippen molar-refractivity contribution in [3.8, 4) is 0 Å². The van der Waals surface area contributed by atoms with Crippen LogP contribution in [0.25, 0.3) is 0 Å². The SMILES string of the molecule is CCC1=C/C(=C\N=O)N(C)C=C1. The van der Waals surface area contributed by atoms with Crippen LogP contribution in [0.15, 0.2) is 41.0 Å². The molecule has 64 valence electrons. The Balaban J connectivity index is 2.88. The molecule has 0 N–H and O–H groups in total. The van der Waals surface area contributed by atoms with Gasteiger partial charge in [0, 0.05) is 13.2 Å². The Labute approximate surface area is 72.0 Å². The fraction of sp³-hybridized carbons (Fsp3) is 0.333. The van der Waals surface area contributed by atoms with Crippen LogP contribution < -0.4 is 0 Å². The van der Waals surface area contributed by atoms with Crippen LogP contribution in [0, 0.1) is 4.91 Å². The van der Waals surface area contributed by atoms with E-state index in [-0.39, 0.29) is 0 Å². The molecule has 0 radical (unpaired) electrons. The van der Waals surface area contributed by atoms with E-state index >= 15 is 0 Å². The summed E-state index contributed by atoms with van der Waals surface area (Å²) < 4.78 is 0. The van der Waals surface area contributed by atoms with Gasteiger partial charge in [0.05, 0.1) is 11.9 Å². The number of hydrogen-bond acceptors (Lipinski definition) is 3. The first-order valence-corrected chi connectivity index (χ1v) is 3.92. The van der Waals surface area contributed by atoms with E-state index in [1.165, 1.54) is 11.8 Å². The van der Waals surface area contributed by atoms with Crippen molar-refractivity contribution in [1.29, 1.82) is 0 Å². The third-order valence-corrected chi connectivity index (χ3v) is 1.85. The molecule has 3 nitrogen and oxygen atoms in total. The molecule has 0 saturated carbocycles. The van der Waals surface area contributed by atoms with Gasteiger partial charge in [-0.3, -0.25) is 0 Å². The highest BCUT2D eigenvalue weighted by Crippen LogP contribution is 2.17. The van der Waals surface area contributed by atoms with E-state index < -0.39 is 0 Å². The zero-order valence-electron chi connectivity index (χ0n) is 7.32. The zero-order valence-corrected chi connectivity index (χ0v) is 7.32. The van der Waals surface area contributed by atoms with Gasteiger partial charge in [0.2, 0.25) is 0 Å². The summed E-state index contributed by atoms with van der Waals surface area (Å²) in [6, 6.07) is 0. The van der Waals surface area contributed by atoms with Gasteiger partial charge in [-0.1, -0.05) is 6.92 Å². The molecule has 0 atom stereocenters. The second-order valence-electron chi connectivity index (χ2n) is 2.66. The van der Waals surface area contributed by atoms with Gasteiger partial charge in [0.1, 0.15) is 0 Å². The summed E-state index contributed by atoms with van der Waals surface area (Å²) in [4.78, 5) is 11.9. The predicted molar refractivity (Wildman–Crippen MR) is 49.2 cm³/mol. The highest BCUT2D eigenvalue weighted by molar-refractivity contribution is 5.34. The van der Waals surface area contributed by atoms with Crippen molar-refractivity contribution in [2.75, 3.05) is 7.05 Å². The lowest BCUT2D eigenvalue weighted by molar-refractivity contribution is 0.578. The number of allylic oxidation sites excluding steroid dienone is 3. The summed E-state index contributed by atoms with van der Waals surface area (Å²) in [7, 11) is 1.89. The first-order valence-electron chi connectivity index (χ1n) is 3.92. The quantitative estimate of drug-likeness (QED) is 0.587. The van der Waals surface area contributed by atoms with Crippen LogP contribution in [0.2, 0.25) is 0 Å². The van der Waals surface area contributed by atoms with Gasteiger partial charge in [0.15, 0.2) is 0 Å². The number of nitroso groups, excluding NO2 is 1. The lowest BCUT2D eigenvalue weighted by atomic mass is 10.1. The molecule has 12 heavy (non-hydrogen) atoms. The fourth-order valence-corrected chi connectivity index (χ4v) is 1.04. The van der Waals surface area contributed by atoms with Crippen LogP contribution in [0.4, 0.5) is 0 Å². The molecule has 0 aromatic heterocycles. The van der Waals surface area contributed by atoms with Gasteiger partial charge < -0.3 is 4.90 Å². The second-order valence-corrected chi connectivity index (χ2v) is 2.66. The topological polar surface area (TPSA) is 32.7 Å². The maximum absolute atomic E-state index is 10.0. The Morgan fingerprint density at radius 2 is 2.42 bits per heavy atom. The van der Waals surface area contributed by atoms with Crippen LogP contribution in [0.3, 0.4) is 0 Å². The molecule has 3 heteroatoms. The van der Waals surface area contributed by atoms with Crippen molar-refractivity contribution in [2.24, 2.45) is 5.18 Å². The van der Waals surface area contributed by atoms with E-state index in [9.17, 15) is 4.91 Å². The van der Waals surface area contributed by atoms with Gasteiger partial charge in [-0.25, -0.2) is 0 Å². The molecule has 0 aliphatic carbocycles. The smallest absolute Gasteiger partial charge is 0.0951 e. The summed E-state index contributed by atoms with van der Waals surface area (Å²) >= 11 is 0. The Morgan fingerprint density at radius 3 is 3.00 bits per heavy atom. The van der Waals surface area contributed by atoms with Crippen LogP contribution >= 0.6 is 0 Å². The number of likely N-dealkylation sites (N-methyl/N-ethyl adjacent to an activating group) is 1. The minimum atomic E-state index is 0.837. The zero-order chi connectivity index (χ0) is 8.97. The van der Waals surface area contributed by atoms with Gasteiger partial charge in [0.25, 0.3) is 0 Å². The predicted octanol–water partition coefficient (Wildman–Crippen LogP) is 2.39. The van der Waals surface area contributed by atoms with E-state index in [1.54, 1.807) is 0 Å². The van der Waals surface area contributed by atoms with Crippen molar-refractivity contribution >= 4 is 0 Å². The molecule has 0 amide bonds. The summed E-state index contributed by atoms with van der Waals surface area (Å²) in [5, 5.41) is 2.75. The Kier molecular flexibility index (Phi) is 2.80. The summed E-state index contributed by atoms with van der Waals surface area (Å²) in [6.45, 7) is 2.08. The molecule has 1 aliphatic rings. The summed E-state index contributed by atoms with van der Waals surface area (Å²) in [5.41, 5.74) is 2.05. The number of hydrogen-bond donors (Lipinski definition) is 0. The largest absolute Gasteiger partial charge is 0.350 e. The Morgan fingerprint density at radius 1 is 1.67 bits per heavy atom. The normalized spacial score (nSPS) is 19.7. The van der Waals surface area contributed by atoms with Crippen molar-refractivity contribution in [3.05, 3.63) is 40.7 Å². The van der Waals surface area contributed by atoms with Crippen molar-refractivity contribution in [3.63, 3.8) is 0 Å². The lowest BCUT2D eigenvalue weighted by Crippen LogP contribution is -2.11. The molecule has 1 rings (SSSR count). The van der Waals surface area contributed by atoms with E-state index in [0.29, 0.717) is 0 Å². The minimum Gasteiger partial charge on any atom is -0.350 e.